The zero-order chi connectivity index (χ0) is 38.6. The van der Waals surface area contributed by atoms with Crippen LogP contribution in [0.25, 0.3) is 0 Å². The van der Waals surface area contributed by atoms with Gasteiger partial charge >= 0.3 is 0 Å². The van der Waals surface area contributed by atoms with Crippen molar-refractivity contribution in [3.63, 3.8) is 0 Å². The largest absolute Gasteiger partial charge is 0.507 e. The maximum atomic E-state index is 12.2. The highest BCUT2D eigenvalue weighted by Gasteiger charge is 2.31. The number of phenolic OH excluding ortho intramolecular Hbond substituents is 4. The Bertz CT molecular complexity index is 2200. The Morgan fingerprint density at radius 1 is 0.444 bits per heavy atom. The minimum Gasteiger partial charge on any atom is -0.507 e. The van der Waals surface area contributed by atoms with E-state index in [1.54, 1.807) is 24.3 Å². The first-order valence-corrected chi connectivity index (χ1v) is 17.5. The van der Waals surface area contributed by atoms with E-state index < -0.39 is 21.7 Å². The maximum absolute atomic E-state index is 12.2. The topological polar surface area (TPSA) is 167 Å². The van der Waals surface area contributed by atoms with Crippen LogP contribution in [-0.2, 0) is 12.8 Å². The fraction of sp³-hybridized carbons (Fsp3) is 0.182. The molecule has 0 saturated heterocycles. The Morgan fingerprint density at radius 3 is 0.907 bits per heavy atom. The summed E-state index contributed by atoms with van der Waals surface area (Å²) in [6.45, 7) is 7.57. The SMILES string of the molecule is Cc1cc2c(O)c(c1)C(c1ccc([N+](=O)[O-])cc1)c1cc(C)cc(c1O)Cc1cc(C)cc(c1O)C(c1ccc([N+](=O)[O-])cc1)c1cc(C)cc(c1O)C2. The average molecular weight is 723 g/mol. The number of nitro groups is 2. The van der Waals surface area contributed by atoms with Gasteiger partial charge in [0, 0.05) is 71.2 Å². The molecule has 0 aromatic heterocycles. The molecule has 7 rings (SSSR count). The molecule has 0 saturated carbocycles. The van der Waals surface area contributed by atoms with E-state index in [4.69, 9.17) is 0 Å². The van der Waals surface area contributed by atoms with Crippen LogP contribution in [0.3, 0.4) is 0 Å². The van der Waals surface area contributed by atoms with E-state index in [1.165, 1.54) is 24.3 Å². The first-order chi connectivity index (χ1) is 25.7. The number of phenols is 4. The molecule has 0 unspecified atom stereocenters. The molecule has 10 heteroatoms. The number of aryl methyl sites for hydroxylation is 4. The highest BCUT2D eigenvalue weighted by molar-refractivity contribution is 5.63. The zero-order valence-corrected chi connectivity index (χ0v) is 30.1. The Balaban J connectivity index is 1.56. The summed E-state index contributed by atoms with van der Waals surface area (Å²) in [6, 6.07) is 26.8. The molecule has 4 N–H and O–H groups in total. The molecule has 0 heterocycles. The van der Waals surface area contributed by atoms with Gasteiger partial charge in [-0.15, -0.1) is 0 Å². The van der Waals surface area contributed by atoms with Gasteiger partial charge < -0.3 is 20.4 Å². The first-order valence-electron chi connectivity index (χ1n) is 17.5. The molecule has 6 aromatic rings. The van der Waals surface area contributed by atoms with E-state index in [1.807, 2.05) is 76.2 Å². The normalized spacial score (nSPS) is 15.1. The number of nitrogens with zero attached hydrogens (tertiary/aromatic N) is 2. The molecule has 10 nitrogen and oxygen atoms in total. The van der Waals surface area contributed by atoms with E-state index in [9.17, 15) is 40.7 Å². The van der Waals surface area contributed by atoms with Gasteiger partial charge in [0.15, 0.2) is 0 Å². The van der Waals surface area contributed by atoms with Crippen LogP contribution < -0.4 is 0 Å². The molecule has 0 fully saturated rings. The number of aromatic hydroxyl groups is 4. The van der Waals surface area contributed by atoms with Gasteiger partial charge in [-0.1, -0.05) is 95.1 Å². The second-order valence-corrected chi connectivity index (χ2v) is 14.4. The third-order valence-electron chi connectivity index (χ3n) is 10.3. The lowest BCUT2D eigenvalue weighted by Crippen LogP contribution is -2.10. The summed E-state index contributed by atoms with van der Waals surface area (Å²) >= 11 is 0. The predicted octanol–water partition coefficient (Wildman–Crippen LogP) is 9.41. The van der Waals surface area contributed by atoms with Crippen LogP contribution in [-0.4, -0.2) is 30.3 Å². The standard InChI is InChI=1S/C44H38N2O8/c1-23-13-29-21-30-14-24(2)19-37(42(30)48)40(28-7-11-34(12-8-28)46(53)54)38-20-26(4)16-32(44(38)50)22-31-15-25(3)18-36(43(31)49)39(35(17-23)41(29)47)27-5-9-33(10-6-27)45(51)52/h5-20,39-40,47-50H,21-22H2,1-4H3. The number of hydrogen-bond donors (Lipinski definition) is 4. The van der Waals surface area contributed by atoms with Crippen molar-refractivity contribution < 1.29 is 30.3 Å². The lowest BCUT2D eigenvalue weighted by molar-refractivity contribution is -0.385. The van der Waals surface area contributed by atoms with Crippen molar-refractivity contribution in [1.29, 1.82) is 0 Å². The summed E-state index contributed by atoms with van der Waals surface area (Å²) in [7, 11) is 0. The van der Waals surface area contributed by atoms with Crippen molar-refractivity contribution in [2.45, 2.75) is 52.4 Å². The third kappa shape index (κ3) is 6.47. The summed E-state index contributed by atoms with van der Waals surface area (Å²) in [4.78, 5) is 22.2. The average Bonchev–Trinajstić information content (AvgIpc) is 3.12. The summed E-state index contributed by atoms with van der Waals surface area (Å²) in [5.41, 5.74) is 8.16. The van der Waals surface area contributed by atoms with Crippen LogP contribution in [0.15, 0.2) is 97.1 Å². The Kier molecular flexibility index (Phi) is 9.06. The Labute approximate surface area is 311 Å². The van der Waals surface area contributed by atoms with Crippen LogP contribution in [0, 0.1) is 47.9 Å². The van der Waals surface area contributed by atoms with Crippen LogP contribution in [0.1, 0.15) is 89.7 Å². The van der Waals surface area contributed by atoms with Gasteiger partial charge in [0.1, 0.15) is 23.0 Å². The lowest BCUT2D eigenvalue weighted by Gasteiger charge is -2.27. The highest BCUT2D eigenvalue weighted by atomic mass is 16.6. The van der Waals surface area contributed by atoms with Crippen molar-refractivity contribution in [3.05, 3.63) is 195 Å². The predicted molar refractivity (Wildman–Crippen MR) is 205 cm³/mol. The molecular formula is C44H38N2O8. The quantitative estimate of drug-likeness (QED) is 0.103. The monoisotopic (exact) mass is 722 g/mol. The lowest BCUT2D eigenvalue weighted by atomic mass is 9.78. The van der Waals surface area contributed by atoms with Gasteiger partial charge in [-0.25, -0.2) is 0 Å². The van der Waals surface area contributed by atoms with Crippen LogP contribution in [0.5, 0.6) is 23.0 Å². The third-order valence-corrected chi connectivity index (χ3v) is 10.3. The molecular weight excluding hydrogens is 684 g/mol. The molecule has 0 atom stereocenters. The van der Waals surface area contributed by atoms with Crippen molar-refractivity contribution in [2.75, 3.05) is 0 Å². The van der Waals surface area contributed by atoms with Crippen molar-refractivity contribution in [2.24, 2.45) is 0 Å². The van der Waals surface area contributed by atoms with Gasteiger partial charge in [-0.3, -0.25) is 20.2 Å². The number of rotatable bonds is 4. The van der Waals surface area contributed by atoms with Gasteiger partial charge in [0.05, 0.1) is 9.85 Å². The van der Waals surface area contributed by atoms with Crippen LogP contribution in [0.4, 0.5) is 11.4 Å². The summed E-state index contributed by atoms with van der Waals surface area (Å²) in [5.74, 6) is -1.72. The van der Waals surface area contributed by atoms with E-state index in [0.29, 0.717) is 55.6 Å². The Morgan fingerprint density at radius 2 is 0.685 bits per heavy atom. The molecule has 0 radical (unpaired) electrons. The first kappa shape index (κ1) is 35.7. The molecule has 6 aromatic carbocycles. The minimum absolute atomic E-state index is 0.0497. The molecule has 0 aliphatic heterocycles. The second-order valence-electron chi connectivity index (χ2n) is 14.4. The van der Waals surface area contributed by atoms with Crippen molar-refractivity contribution in [3.8, 4) is 23.0 Å². The van der Waals surface area contributed by atoms with Gasteiger partial charge in [0.25, 0.3) is 11.4 Å². The van der Waals surface area contributed by atoms with E-state index in [0.717, 1.165) is 22.3 Å². The second kappa shape index (κ2) is 13.7. The molecule has 0 amide bonds. The molecule has 1 aliphatic carbocycles. The van der Waals surface area contributed by atoms with Gasteiger partial charge in [-0.05, 0) is 61.1 Å². The smallest absolute Gasteiger partial charge is 0.269 e. The van der Waals surface area contributed by atoms with Crippen molar-refractivity contribution in [1.82, 2.24) is 0 Å². The summed E-state index contributed by atoms with van der Waals surface area (Å²) in [5, 5.41) is 71.8. The summed E-state index contributed by atoms with van der Waals surface area (Å²) < 4.78 is 0. The highest BCUT2D eigenvalue weighted by Crippen LogP contribution is 2.48. The molecule has 54 heavy (non-hydrogen) atoms. The van der Waals surface area contributed by atoms with Crippen molar-refractivity contribution >= 4 is 11.4 Å². The summed E-state index contributed by atoms with van der Waals surface area (Å²) in [6.07, 6.45) is 0.216. The molecule has 272 valence electrons. The fourth-order valence-electron chi connectivity index (χ4n) is 8.00. The van der Waals surface area contributed by atoms with E-state index in [2.05, 4.69) is 0 Å². The number of nitro benzene ring substituents is 2. The zero-order valence-electron chi connectivity index (χ0n) is 30.1. The van der Waals surface area contributed by atoms with Crippen LogP contribution >= 0.6 is 0 Å². The van der Waals surface area contributed by atoms with E-state index >= 15 is 0 Å². The van der Waals surface area contributed by atoms with E-state index in [-0.39, 0.29) is 47.2 Å². The minimum atomic E-state index is -0.758. The molecule has 0 spiro atoms. The number of benzene rings is 6. The fourth-order valence-corrected chi connectivity index (χ4v) is 8.00. The van der Waals surface area contributed by atoms with Gasteiger partial charge in [0.2, 0.25) is 0 Å². The maximum Gasteiger partial charge on any atom is 0.269 e. The molecule has 1 aliphatic rings. The Hall–Kier alpha value is -6.68. The van der Waals surface area contributed by atoms with Gasteiger partial charge in [-0.2, -0.15) is 0 Å². The van der Waals surface area contributed by atoms with Crippen LogP contribution in [0.2, 0.25) is 0 Å². The number of hydrogen-bond acceptors (Lipinski definition) is 8. The molecule has 8 bridgehead atoms. The number of fused-ring (bicyclic) bond motifs is 8. The number of non-ortho nitro benzene ring substituents is 2.